The second-order valence-corrected chi connectivity index (χ2v) is 7.63. The van der Waals surface area contributed by atoms with Crippen molar-refractivity contribution >= 4 is 17.5 Å². The van der Waals surface area contributed by atoms with Crippen molar-refractivity contribution in [2.24, 2.45) is 23.7 Å². The topological polar surface area (TPSA) is 89.5 Å². The number of carbonyl (C=O) groups excluding carboxylic acids is 2. The number of fused-ring (bicyclic) bond motifs is 2. The molecular weight excluding hydrogens is 382 g/mol. The summed E-state index contributed by atoms with van der Waals surface area (Å²) in [5.74, 6) is 0.184. The lowest BCUT2D eigenvalue weighted by Crippen LogP contribution is -2.41. The first kappa shape index (κ1) is 19.9. The molecular formula is C23H25N3O4. The van der Waals surface area contributed by atoms with E-state index in [-0.39, 0.29) is 23.7 Å². The summed E-state index contributed by atoms with van der Waals surface area (Å²) < 4.78 is 10.6. The van der Waals surface area contributed by atoms with Crippen LogP contribution in [-0.4, -0.2) is 31.0 Å². The van der Waals surface area contributed by atoms with E-state index >= 15 is 0 Å². The highest BCUT2D eigenvalue weighted by Gasteiger charge is 2.51. The van der Waals surface area contributed by atoms with Crippen molar-refractivity contribution in [2.45, 2.75) is 13.0 Å². The number of nitrogens with one attached hydrogen (secondary N) is 2. The molecule has 1 saturated carbocycles. The van der Waals surface area contributed by atoms with Crippen LogP contribution in [0.3, 0.4) is 0 Å². The zero-order valence-electron chi connectivity index (χ0n) is 17.0. The van der Waals surface area contributed by atoms with Crippen LogP contribution in [0.25, 0.3) is 0 Å². The lowest BCUT2D eigenvalue weighted by Gasteiger charge is -2.26. The highest BCUT2D eigenvalue weighted by Crippen LogP contribution is 2.48. The summed E-state index contributed by atoms with van der Waals surface area (Å²) in [4.78, 5) is 30.3. The molecule has 1 aromatic heterocycles. The maximum atomic E-state index is 13.2. The number of hydrogen-bond donors (Lipinski definition) is 2. The molecule has 0 saturated heterocycles. The van der Waals surface area contributed by atoms with Crippen molar-refractivity contribution in [3.8, 4) is 11.5 Å². The van der Waals surface area contributed by atoms with Gasteiger partial charge in [-0.1, -0.05) is 18.2 Å². The van der Waals surface area contributed by atoms with Gasteiger partial charge in [0.15, 0.2) is 0 Å². The van der Waals surface area contributed by atoms with Crippen LogP contribution in [-0.2, 0) is 16.1 Å². The number of carbonyl (C=O) groups is 2. The lowest BCUT2D eigenvalue weighted by atomic mass is 9.81. The number of aromatic nitrogens is 1. The van der Waals surface area contributed by atoms with Crippen molar-refractivity contribution in [3.63, 3.8) is 0 Å². The Morgan fingerprint density at radius 1 is 1.07 bits per heavy atom. The van der Waals surface area contributed by atoms with E-state index in [1.165, 1.54) is 0 Å². The van der Waals surface area contributed by atoms with Crippen molar-refractivity contribution < 1.29 is 19.1 Å². The number of amides is 2. The molecule has 4 atom stereocenters. The van der Waals surface area contributed by atoms with Gasteiger partial charge in [0, 0.05) is 25.0 Å². The van der Waals surface area contributed by atoms with Crippen LogP contribution < -0.4 is 20.1 Å². The number of hydrogen-bond acceptors (Lipinski definition) is 5. The normalized spacial score (nSPS) is 23.8. The summed E-state index contributed by atoms with van der Waals surface area (Å²) in [5.41, 5.74) is 1.45. The maximum Gasteiger partial charge on any atom is 0.229 e. The maximum absolute atomic E-state index is 13.2. The number of methoxy groups -OCH3 is 2. The number of anilines is 1. The van der Waals surface area contributed by atoms with Crippen molar-refractivity contribution in [3.05, 3.63) is 60.4 Å². The molecule has 156 valence electrons. The summed E-state index contributed by atoms with van der Waals surface area (Å²) in [6.45, 7) is 0.391. The van der Waals surface area contributed by atoms with Gasteiger partial charge in [-0.05, 0) is 42.0 Å². The molecule has 2 amide bonds. The molecule has 0 spiro atoms. The molecule has 0 aliphatic heterocycles. The van der Waals surface area contributed by atoms with Crippen LogP contribution in [0.15, 0.2) is 54.9 Å². The monoisotopic (exact) mass is 407 g/mol. The second kappa shape index (κ2) is 8.57. The van der Waals surface area contributed by atoms with E-state index in [4.69, 9.17) is 9.47 Å². The minimum Gasteiger partial charge on any atom is -0.497 e. The predicted octanol–water partition coefficient (Wildman–Crippen LogP) is 2.79. The lowest BCUT2D eigenvalue weighted by molar-refractivity contribution is -0.133. The Balaban J connectivity index is 1.50. The fourth-order valence-electron chi connectivity index (χ4n) is 4.47. The summed E-state index contributed by atoms with van der Waals surface area (Å²) in [6.07, 6.45) is 8.36. The molecule has 2 aliphatic rings. The molecule has 2 aromatic rings. The standard InChI is InChI=1S/C23H25N3O4/c1-29-17-7-8-19(30-2)18(11-17)26-23(28)21-16-6-5-15(10-16)20(21)22(27)25-13-14-4-3-9-24-12-14/h3-9,11-12,15-16,20-21H,10,13H2,1-2H3,(H,25,27)(H,26,28)/t15-,16-,20+,21-/m0/s1. The van der Waals surface area contributed by atoms with E-state index in [0.29, 0.717) is 23.7 Å². The van der Waals surface area contributed by atoms with E-state index in [1.54, 1.807) is 44.8 Å². The number of benzene rings is 1. The quantitative estimate of drug-likeness (QED) is 0.689. The van der Waals surface area contributed by atoms with Gasteiger partial charge in [-0.2, -0.15) is 0 Å². The predicted molar refractivity (Wildman–Crippen MR) is 112 cm³/mol. The van der Waals surface area contributed by atoms with Crippen LogP contribution >= 0.6 is 0 Å². The Labute approximate surface area is 175 Å². The van der Waals surface area contributed by atoms with E-state index in [2.05, 4.69) is 27.8 Å². The van der Waals surface area contributed by atoms with E-state index in [0.717, 1.165) is 12.0 Å². The smallest absolute Gasteiger partial charge is 0.229 e. The fourth-order valence-corrected chi connectivity index (χ4v) is 4.47. The molecule has 30 heavy (non-hydrogen) atoms. The third-order valence-corrected chi connectivity index (χ3v) is 5.92. The van der Waals surface area contributed by atoms with E-state index < -0.39 is 11.8 Å². The summed E-state index contributed by atoms with van der Waals surface area (Å²) in [7, 11) is 3.11. The van der Waals surface area contributed by atoms with Gasteiger partial charge in [0.25, 0.3) is 0 Å². The fraction of sp³-hybridized carbons (Fsp3) is 0.348. The number of allylic oxidation sites excluding steroid dienone is 2. The van der Waals surface area contributed by atoms with Gasteiger partial charge in [0.2, 0.25) is 11.8 Å². The Kier molecular flexibility index (Phi) is 5.70. The minimum atomic E-state index is -0.426. The zero-order valence-corrected chi connectivity index (χ0v) is 17.0. The highest BCUT2D eigenvalue weighted by atomic mass is 16.5. The van der Waals surface area contributed by atoms with Gasteiger partial charge in [-0.25, -0.2) is 0 Å². The molecule has 4 rings (SSSR count). The average Bonchev–Trinajstić information content (AvgIpc) is 3.40. The van der Waals surface area contributed by atoms with Crippen molar-refractivity contribution in [2.75, 3.05) is 19.5 Å². The first-order valence-corrected chi connectivity index (χ1v) is 9.98. The van der Waals surface area contributed by atoms with E-state index in [9.17, 15) is 9.59 Å². The largest absolute Gasteiger partial charge is 0.497 e. The van der Waals surface area contributed by atoms with Gasteiger partial charge >= 0.3 is 0 Å². The van der Waals surface area contributed by atoms with Crippen LogP contribution in [0.4, 0.5) is 5.69 Å². The number of nitrogens with zero attached hydrogens (tertiary/aromatic N) is 1. The Morgan fingerprint density at radius 3 is 2.50 bits per heavy atom. The van der Waals surface area contributed by atoms with Gasteiger partial charge in [-0.3, -0.25) is 14.6 Å². The summed E-state index contributed by atoms with van der Waals surface area (Å²) in [5, 5.41) is 5.93. The minimum absolute atomic E-state index is 0.0562. The van der Waals surface area contributed by atoms with Gasteiger partial charge in [-0.15, -0.1) is 0 Å². The van der Waals surface area contributed by atoms with Crippen LogP contribution in [0.2, 0.25) is 0 Å². The molecule has 0 radical (unpaired) electrons. The van der Waals surface area contributed by atoms with Crippen LogP contribution in [0.5, 0.6) is 11.5 Å². The van der Waals surface area contributed by atoms with Crippen LogP contribution in [0.1, 0.15) is 12.0 Å². The Bertz CT molecular complexity index is 960. The van der Waals surface area contributed by atoms with E-state index in [1.807, 2.05) is 12.1 Å². The van der Waals surface area contributed by atoms with Gasteiger partial charge < -0.3 is 20.1 Å². The van der Waals surface area contributed by atoms with Crippen molar-refractivity contribution in [1.82, 2.24) is 10.3 Å². The average molecular weight is 407 g/mol. The van der Waals surface area contributed by atoms with Gasteiger partial charge in [0.1, 0.15) is 11.5 Å². The number of pyridine rings is 1. The van der Waals surface area contributed by atoms with Gasteiger partial charge in [0.05, 0.1) is 31.7 Å². The SMILES string of the molecule is COc1ccc(OC)c(NC(=O)[C@@H]2[C@H](C(=O)NCc3cccnc3)[C@H]3C=C[C@H]2C3)c1. The Morgan fingerprint density at radius 2 is 1.83 bits per heavy atom. The highest BCUT2D eigenvalue weighted by molar-refractivity contribution is 5.98. The molecule has 7 nitrogen and oxygen atoms in total. The Hall–Kier alpha value is -3.35. The first-order valence-electron chi connectivity index (χ1n) is 9.98. The number of rotatable bonds is 7. The zero-order chi connectivity index (χ0) is 21.1. The number of ether oxygens (including phenoxy) is 2. The molecule has 1 fully saturated rings. The summed E-state index contributed by atoms with van der Waals surface area (Å²) >= 11 is 0. The third-order valence-electron chi connectivity index (χ3n) is 5.92. The third kappa shape index (κ3) is 3.87. The molecule has 2 N–H and O–H groups in total. The second-order valence-electron chi connectivity index (χ2n) is 7.63. The van der Waals surface area contributed by atoms with Crippen molar-refractivity contribution in [1.29, 1.82) is 0 Å². The van der Waals surface area contributed by atoms with Crippen LogP contribution in [0, 0.1) is 23.7 Å². The summed E-state index contributed by atoms with van der Waals surface area (Å²) in [6, 6.07) is 8.97. The molecule has 7 heteroatoms. The molecule has 2 aliphatic carbocycles. The molecule has 1 aromatic carbocycles. The molecule has 1 heterocycles. The first-order chi connectivity index (χ1) is 14.6. The molecule has 0 unspecified atom stereocenters. The molecule has 2 bridgehead atoms.